The summed E-state index contributed by atoms with van der Waals surface area (Å²) < 4.78 is 52.6. The maximum atomic E-state index is 14.1. The van der Waals surface area contributed by atoms with E-state index in [1.54, 1.807) is 36.4 Å². The van der Waals surface area contributed by atoms with Crippen molar-refractivity contribution in [1.29, 1.82) is 0 Å². The fourth-order valence-corrected chi connectivity index (χ4v) is 4.89. The molecule has 40 heavy (non-hydrogen) atoms. The van der Waals surface area contributed by atoms with Crippen molar-refractivity contribution in [2.75, 3.05) is 19.6 Å². The number of carbonyl (C=O) groups excluding carboxylic acids is 1. The van der Waals surface area contributed by atoms with E-state index in [-0.39, 0.29) is 23.6 Å². The molecule has 210 valence electrons. The summed E-state index contributed by atoms with van der Waals surface area (Å²) in [6.45, 7) is 3.15. The SMILES string of the molecule is CCc1cccc(-c2noc(-c3nc(-c4ccc([C@H](O)CN5CCC[C@H](C(=O)[O-])C5)cc4)no3)c2C(F)(F)F)c1. The van der Waals surface area contributed by atoms with E-state index in [0.29, 0.717) is 43.5 Å². The number of carbonyl (C=O) groups is 1. The molecule has 0 amide bonds. The smallest absolute Gasteiger partial charge is 0.422 e. The van der Waals surface area contributed by atoms with E-state index in [1.807, 2.05) is 17.9 Å². The van der Waals surface area contributed by atoms with Gasteiger partial charge in [0.05, 0.1) is 6.10 Å². The van der Waals surface area contributed by atoms with Crippen molar-refractivity contribution >= 4 is 5.97 Å². The topological polar surface area (TPSA) is 129 Å². The second-order valence-electron chi connectivity index (χ2n) is 9.77. The molecule has 0 unspecified atom stereocenters. The van der Waals surface area contributed by atoms with Gasteiger partial charge in [0.25, 0.3) is 5.89 Å². The number of aliphatic carboxylic acids is 1. The molecule has 2 aromatic heterocycles. The molecule has 0 bridgehead atoms. The average Bonchev–Trinajstić information content (AvgIpc) is 3.61. The Kier molecular flexibility index (Phi) is 7.72. The van der Waals surface area contributed by atoms with Gasteiger partial charge in [-0.05, 0) is 43.0 Å². The van der Waals surface area contributed by atoms with Crippen molar-refractivity contribution in [2.45, 2.75) is 38.5 Å². The van der Waals surface area contributed by atoms with E-state index in [9.17, 15) is 28.2 Å². The summed E-state index contributed by atoms with van der Waals surface area (Å²) in [5.41, 5.74) is 0.668. The second kappa shape index (κ2) is 11.2. The number of piperidine rings is 1. The van der Waals surface area contributed by atoms with Gasteiger partial charge in [-0.1, -0.05) is 59.7 Å². The van der Waals surface area contributed by atoms with Crippen molar-refractivity contribution in [1.82, 2.24) is 20.2 Å². The molecule has 0 radical (unpaired) electrons. The first-order valence-corrected chi connectivity index (χ1v) is 12.9. The van der Waals surface area contributed by atoms with Crippen molar-refractivity contribution in [3.05, 3.63) is 65.2 Å². The average molecular weight is 556 g/mol. The molecular weight excluding hydrogens is 529 g/mol. The molecular formula is C28H26F3N4O5-. The van der Waals surface area contributed by atoms with Crippen LogP contribution in [0.2, 0.25) is 0 Å². The highest BCUT2D eigenvalue weighted by Gasteiger charge is 2.43. The van der Waals surface area contributed by atoms with E-state index in [0.717, 1.165) is 5.56 Å². The fourth-order valence-electron chi connectivity index (χ4n) is 4.89. The van der Waals surface area contributed by atoms with Crippen LogP contribution in [0.3, 0.4) is 0 Å². The van der Waals surface area contributed by atoms with E-state index >= 15 is 0 Å². The van der Waals surface area contributed by atoms with Gasteiger partial charge in [0.2, 0.25) is 11.6 Å². The van der Waals surface area contributed by atoms with E-state index in [1.165, 1.54) is 6.07 Å². The highest BCUT2D eigenvalue weighted by atomic mass is 19.4. The number of halogens is 3. The molecule has 4 aromatic rings. The molecule has 1 fully saturated rings. The highest BCUT2D eigenvalue weighted by molar-refractivity contribution is 5.71. The lowest BCUT2D eigenvalue weighted by Gasteiger charge is -2.34. The third-order valence-electron chi connectivity index (χ3n) is 7.03. The first kappa shape index (κ1) is 27.5. The Bertz CT molecular complexity index is 1480. The lowest BCUT2D eigenvalue weighted by atomic mass is 9.97. The Morgan fingerprint density at radius 2 is 1.93 bits per heavy atom. The number of alkyl halides is 3. The third kappa shape index (κ3) is 5.77. The molecule has 12 heteroatoms. The summed E-state index contributed by atoms with van der Waals surface area (Å²) in [4.78, 5) is 17.2. The van der Waals surface area contributed by atoms with Gasteiger partial charge in [-0.15, -0.1) is 0 Å². The summed E-state index contributed by atoms with van der Waals surface area (Å²) >= 11 is 0. The summed E-state index contributed by atoms with van der Waals surface area (Å²) in [5, 5.41) is 29.4. The minimum absolute atomic E-state index is 0.0305. The fraction of sp³-hybridized carbons (Fsp3) is 0.357. The third-order valence-corrected chi connectivity index (χ3v) is 7.03. The Balaban J connectivity index is 1.35. The number of carboxylic acids is 1. The van der Waals surface area contributed by atoms with E-state index in [4.69, 9.17) is 9.05 Å². The highest BCUT2D eigenvalue weighted by Crippen LogP contribution is 2.43. The lowest BCUT2D eigenvalue weighted by Crippen LogP contribution is -2.45. The van der Waals surface area contributed by atoms with Crippen molar-refractivity contribution in [3.63, 3.8) is 0 Å². The number of nitrogens with zero attached hydrogens (tertiary/aromatic N) is 4. The van der Waals surface area contributed by atoms with Crippen LogP contribution in [-0.4, -0.2) is 50.9 Å². The van der Waals surface area contributed by atoms with Crippen LogP contribution in [0.5, 0.6) is 0 Å². The van der Waals surface area contributed by atoms with Gasteiger partial charge >= 0.3 is 6.18 Å². The minimum Gasteiger partial charge on any atom is -0.550 e. The minimum atomic E-state index is -4.80. The van der Waals surface area contributed by atoms with E-state index < -0.39 is 41.4 Å². The van der Waals surface area contributed by atoms with Crippen LogP contribution in [0.4, 0.5) is 13.2 Å². The Morgan fingerprint density at radius 1 is 1.15 bits per heavy atom. The maximum absolute atomic E-state index is 14.1. The normalized spacial score (nSPS) is 17.2. The summed E-state index contributed by atoms with van der Waals surface area (Å²) in [5.74, 6) is -2.76. The number of carboxylic acid groups (broad SMARTS) is 1. The van der Waals surface area contributed by atoms with Gasteiger partial charge in [0.1, 0.15) is 11.3 Å². The van der Waals surface area contributed by atoms with Crippen molar-refractivity contribution in [3.8, 4) is 34.3 Å². The van der Waals surface area contributed by atoms with Crippen LogP contribution in [-0.2, 0) is 17.4 Å². The number of benzene rings is 2. The Morgan fingerprint density at radius 3 is 2.62 bits per heavy atom. The number of aryl methyl sites for hydroxylation is 1. The quantitative estimate of drug-likeness (QED) is 0.341. The predicted molar refractivity (Wildman–Crippen MR) is 134 cm³/mol. The molecule has 1 aliphatic heterocycles. The second-order valence-corrected chi connectivity index (χ2v) is 9.77. The Hall–Kier alpha value is -4.03. The number of hydrogen-bond donors (Lipinski definition) is 1. The molecule has 0 spiro atoms. The van der Waals surface area contributed by atoms with Gasteiger partial charge in [-0.25, -0.2) is 0 Å². The summed E-state index contributed by atoms with van der Waals surface area (Å²) in [7, 11) is 0. The Labute approximate surface area is 227 Å². The first-order chi connectivity index (χ1) is 19.1. The van der Waals surface area contributed by atoms with Crippen LogP contribution in [0, 0.1) is 5.92 Å². The molecule has 1 N–H and O–H groups in total. The molecule has 2 aromatic carbocycles. The molecule has 0 aliphatic carbocycles. The number of rotatable bonds is 8. The number of β-amino-alcohol motifs (C(OH)–C–C–N with tert-alkyl or cyclic N) is 1. The van der Waals surface area contributed by atoms with Crippen LogP contribution < -0.4 is 5.11 Å². The van der Waals surface area contributed by atoms with Crippen LogP contribution in [0.25, 0.3) is 34.3 Å². The monoisotopic (exact) mass is 555 g/mol. The zero-order valence-electron chi connectivity index (χ0n) is 21.5. The van der Waals surface area contributed by atoms with Gasteiger partial charge in [-0.3, -0.25) is 4.90 Å². The van der Waals surface area contributed by atoms with Crippen molar-refractivity contribution in [2.24, 2.45) is 5.92 Å². The standard InChI is InChI=1S/C28H27F3N4O5/c1-2-16-5-3-6-19(13-16)23-22(28(29,30)31)24(39-33-23)26-32-25(34-40-26)18-10-8-17(9-11-18)21(36)15-35-12-4-7-20(14-35)27(37)38/h3,5-6,8-11,13,20-21,36H,2,4,7,12,14-15H2,1H3,(H,37,38)/p-1/t20-,21+/m0/s1. The number of hydrogen-bond acceptors (Lipinski definition) is 9. The molecule has 1 aliphatic rings. The predicted octanol–water partition coefficient (Wildman–Crippen LogP) is 4.14. The maximum Gasteiger partial charge on any atom is 0.422 e. The van der Waals surface area contributed by atoms with Crippen LogP contribution in [0.1, 0.15) is 42.6 Å². The number of aliphatic hydroxyl groups is 1. The molecule has 5 rings (SSSR count). The number of likely N-dealkylation sites (tertiary alicyclic amines) is 1. The summed E-state index contributed by atoms with van der Waals surface area (Å²) in [6, 6.07) is 13.1. The van der Waals surface area contributed by atoms with Gasteiger partial charge in [0, 0.05) is 36.1 Å². The molecule has 2 atom stereocenters. The summed E-state index contributed by atoms with van der Waals surface area (Å²) in [6.07, 6.45) is -3.76. The van der Waals surface area contributed by atoms with Gasteiger partial charge in [-0.2, -0.15) is 18.2 Å². The van der Waals surface area contributed by atoms with Gasteiger partial charge in [0.15, 0.2) is 0 Å². The lowest BCUT2D eigenvalue weighted by molar-refractivity contribution is -0.312. The molecule has 0 saturated carbocycles. The molecule has 9 nitrogen and oxygen atoms in total. The van der Waals surface area contributed by atoms with E-state index in [2.05, 4.69) is 15.3 Å². The largest absolute Gasteiger partial charge is 0.550 e. The number of aliphatic hydroxyl groups excluding tert-OH is 1. The van der Waals surface area contributed by atoms with Crippen LogP contribution in [0.15, 0.2) is 57.6 Å². The molecule has 1 saturated heterocycles. The zero-order valence-corrected chi connectivity index (χ0v) is 21.5. The van der Waals surface area contributed by atoms with Gasteiger partial charge < -0.3 is 24.1 Å². The first-order valence-electron chi connectivity index (χ1n) is 12.9. The molecule has 3 heterocycles. The van der Waals surface area contributed by atoms with Crippen LogP contribution >= 0.6 is 0 Å². The zero-order chi connectivity index (χ0) is 28.4. The number of aromatic nitrogens is 3. The van der Waals surface area contributed by atoms with Crippen molar-refractivity contribution < 1.29 is 37.2 Å².